The maximum Gasteiger partial charge on any atom is 0.133 e. The predicted octanol–water partition coefficient (Wildman–Crippen LogP) is 3.38. The van der Waals surface area contributed by atoms with Crippen LogP contribution in [0, 0.1) is 0 Å². The Balaban J connectivity index is 0.000000332. The molecule has 7 nitrogen and oxygen atoms in total. The Hall–Kier alpha value is -1.51. The number of unbranched alkanes of at least 4 members (excludes halogenated alkanes) is 1. The monoisotopic (exact) mass is 532 g/mol. The molecule has 1 aromatic carbocycles. The molecular weight excluding hydrogens is 474 g/mol. The van der Waals surface area contributed by atoms with Crippen LogP contribution >= 0.6 is 0 Å². The van der Waals surface area contributed by atoms with Crippen molar-refractivity contribution in [3.05, 3.63) is 29.3 Å². The van der Waals surface area contributed by atoms with E-state index in [1.807, 2.05) is 7.05 Å². The van der Waals surface area contributed by atoms with E-state index in [9.17, 15) is 4.79 Å². The van der Waals surface area contributed by atoms with Crippen molar-refractivity contribution >= 4 is 6.29 Å². The minimum atomic E-state index is 0.497. The topological polar surface area (TPSA) is 56.8 Å². The summed E-state index contributed by atoms with van der Waals surface area (Å²) in [7, 11) is 11.0. The van der Waals surface area contributed by atoms with Gasteiger partial charge in [0.05, 0.1) is 40.8 Å². The van der Waals surface area contributed by atoms with E-state index in [1.165, 1.54) is 50.0 Å². The summed E-state index contributed by atoms with van der Waals surface area (Å²) in [6.45, 7) is 11.5. The van der Waals surface area contributed by atoms with Crippen LogP contribution in [0.3, 0.4) is 0 Å². The quantitative estimate of drug-likeness (QED) is 0.182. The first-order chi connectivity index (χ1) is 18.3. The SMILES string of the molecule is CCCCN(C)CCC[N+](C)(C)C.CNCCCNCC[C@H]1C[C@@H](c2ccc3c(c2)CCO3)CN1CC=O. The molecule has 3 rings (SSSR count). The highest BCUT2D eigenvalue weighted by Crippen LogP contribution is 2.36. The molecule has 1 saturated heterocycles. The minimum Gasteiger partial charge on any atom is -0.493 e. The van der Waals surface area contributed by atoms with Gasteiger partial charge in [-0.2, -0.15) is 0 Å². The average molecular weight is 533 g/mol. The molecule has 1 aromatic rings. The fraction of sp³-hybridized carbons (Fsp3) is 0.774. The van der Waals surface area contributed by atoms with Crippen molar-refractivity contribution in [1.82, 2.24) is 20.4 Å². The number of rotatable bonds is 17. The van der Waals surface area contributed by atoms with Crippen LogP contribution in [0.25, 0.3) is 0 Å². The fourth-order valence-corrected chi connectivity index (χ4v) is 5.44. The van der Waals surface area contributed by atoms with E-state index in [-0.39, 0.29) is 0 Å². The molecule has 7 heteroatoms. The Bertz CT molecular complexity index is 782. The average Bonchev–Trinajstić information content (AvgIpc) is 3.51. The highest BCUT2D eigenvalue weighted by Gasteiger charge is 2.32. The molecule has 0 amide bonds. The molecular formula is C31H58N5O2+. The minimum absolute atomic E-state index is 0.497. The zero-order valence-corrected chi connectivity index (χ0v) is 25.4. The molecule has 0 spiro atoms. The number of ether oxygens (including phenoxy) is 1. The summed E-state index contributed by atoms with van der Waals surface area (Å²) in [5.41, 5.74) is 2.75. The van der Waals surface area contributed by atoms with Crippen molar-refractivity contribution in [3.8, 4) is 5.75 Å². The molecule has 0 bridgehead atoms. The first-order valence-corrected chi connectivity index (χ1v) is 15.0. The highest BCUT2D eigenvalue weighted by atomic mass is 16.5. The number of fused-ring (bicyclic) bond motifs is 1. The van der Waals surface area contributed by atoms with Crippen molar-refractivity contribution < 1.29 is 14.0 Å². The van der Waals surface area contributed by atoms with Gasteiger partial charge in [-0.05, 0) is 89.1 Å². The Morgan fingerprint density at radius 3 is 2.63 bits per heavy atom. The number of quaternary nitrogens is 1. The molecule has 0 unspecified atom stereocenters. The van der Waals surface area contributed by atoms with Gasteiger partial charge in [0.15, 0.2) is 0 Å². The fourth-order valence-electron chi connectivity index (χ4n) is 5.44. The second-order valence-electron chi connectivity index (χ2n) is 12.2. The highest BCUT2D eigenvalue weighted by molar-refractivity contribution is 5.52. The van der Waals surface area contributed by atoms with E-state index in [1.54, 1.807) is 0 Å². The molecule has 2 aliphatic heterocycles. The Kier molecular flexibility index (Phi) is 15.5. The van der Waals surface area contributed by atoms with Gasteiger partial charge in [0.25, 0.3) is 0 Å². The number of hydrogen-bond acceptors (Lipinski definition) is 6. The first kappa shape index (κ1) is 32.7. The number of benzene rings is 1. The van der Waals surface area contributed by atoms with E-state index in [2.05, 4.69) is 73.7 Å². The van der Waals surface area contributed by atoms with Crippen molar-refractivity contribution in [3.63, 3.8) is 0 Å². The lowest BCUT2D eigenvalue weighted by molar-refractivity contribution is -0.870. The molecule has 38 heavy (non-hydrogen) atoms. The number of carbonyl (C=O) groups is 1. The van der Waals surface area contributed by atoms with Gasteiger partial charge in [-0.1, -0.05) is 25.5 Å². The van der Waals surface area contributed by atoms with E-state index in [0.717, 1.165) is 75.0 Å². The summed E-state index contributed by atoms with van der Waals surface area (Å²) in [4.78, 5) is 15.9. The lowest BCUT2D eigenvalue weighted by Crippen LogP contribution is -2.37. The molecule has 218 valence electrons. The smallest absolute Gasteiger partial charge is 0.133 e. The Morgan fingerprint density at radius 2 is 1.92 bits per heavy atom. The predicted molar refractivity (Wildman–Crippen MR) is 160 cm³/mol. The van der Waals surface area contributed by atoms with Crippen LogP contribution in [0.15, 0.2) is 18.2 Å². The van der Waals surface area contributed by atoms with E-state index in [0.29, 0.717) is 18.5 Å². The summed E-state index contributed by atoms with van der Waals surface area (Å²) in [5, 5.41) is 6.70. The van der Waals surface area contributed by atoms with Gasteiger partial charge in [0.1, 0.15) is 12.0 Å². The first-order valence-electron chi connectivity index (χ1n) is 15.0. The molecule has 2 aliphatic rings. The Morgan fingerprint density at radius 1 is 1.13 bits per heavy atom. The van der Waals surface area contributed by atoms with Gasteiger partial charge in [-0.25, -0.2) is 0 Å². The van der Waals surface area contributed by atoms with Gasteiger partial charge >= 0.3 is 0 Å². The van der Waals surface area contributed by atoms with Gasteiger partial charge in [-0.3, -0.25) is 4.90 Å². The second-order valence-corrected chi connectivity index (χ2v) is 12.2. The van der Waals surface area contributed by atoms with Gasteiger partial charge in [0, 0.05) is 32.0 Å². The Labute approximate surface area is 233 Å². The zero-order valence-electron chi connectivity index (χ0n) is 25.4. The summed E-state index contributed by atoms with van der Waals surface area (Å²) in [6, 6.07) is 7.16. The number of likely N-dealkylation sites (tertiary alicyclic amines) is 1. The number of nitrogens with one attached hydrogen (secondary N) is 2. The third kappa shape index (κ3) is 12.6. The summed E-state index contributed by atoms with van der Waals surface area (Å²) >= 11 is 0. The number of carbonyl (C=O) groups excluding carboxylic acids is 1. The molecule has 2 N–H and O–H groups in total. The molecule has 0 saturated carbocycles. The number of aldehydes is 1. The lowest BCUT2D eigenvalue weighted by Gasteiger charge is -2.25. The summed E-state index contributed by atoms with van der Waals surface area (Å²) in [6.07, 6.45) is 9.42. The molecule has 0 radical (unpaired) electrons. The van der Waals surface area contributed by atoms with Gasteiger partial charge < -0.3 is 29.5 Å². The van der Waals surface area contributed by atoms with Crippen LogP contribution < -0.4 is 15.4 Å². The molecule has 0 aromatic heterocycles. The van der Waals surface area contributed by atoms with Gasteiger partial charge in [0.2, 0.25) is 0 Å². The lowest BCUT2D eigenvalue weighted by atomic mass is 9.93. The van der Waals surface area contributed by atoms with Crippen molar-refractivity contribution in [1.29, 1.82) is 0 Å². The number of nitrogens with zero attached hydrogens (tertiary/aromatic N) is 3. The van der Waals surface area contributed by atoms with Crippen molar-refractivity contribution in [2.24, 2.45) is 0 Å². The standard InChI is InChI=1S/C20H31N3O2.C11H27N2/c1-21-7-2-8-22-9-5-19-14-18(15-23(19)10-11-24)16-3-4-20-17(13-16)6-12-25-20;1-6-7-9-12(2)10-8-11-13(3,4)5/h3-4,11,13,18-19,21-22H,2,5-10,12,14-15H2,1H3;6-11H2,1-5H3/q;+1/t18-,19+;/m1./s1. The molecule has 0 aliphatic carbocycles. The number of hydrogen-bond donors (Lipinski definition) is 2. The summed E-state index contributed by atoms with van der Waals surface area (Å²) in [5.74, 6) is 1.58. The third-order valence-electron chi connectivity index (χ3n) is 7.72. The van der Waals surface area contributed by atoms with Crippen molar-refractivity contribution in [2.75, 3.05) is 94.2 Å². The normalized spacial score (nSPS) is 19.2. The van der Waals surface area contributed by atoms with Crippen LogP contribution in [-0.2, 0) is 11.2 Å². The van der Waals surface area contributed by atoms with E-state index >= 15 is 0 Å². The maximum absolute atomic E-state index is 11.1. The third-order valence-corrected chi connectivity index (χ3v) is 7.72. The maximum atomic E-state index is 11.1. The van der Waals surface area contributed by atoms with E-state index < -0.39 is 0 Å². The van der Waals surface area contributed by atoms with Crippen LogP contribution in [0.2, 0.25) is 0 Å². The largest absolute Gasteiger partial charge is 0.493 e. The van der Waals surface area contributed by atoms with Crippen LogP contribution in [0.5, 0.6) is 5.75 Å². The second kappa shape index (κ2) is 18.0. The van der Waals surface area contributed by atoms with Crippen LogP contribution in [0.4, 0.5) is 0 Å². The summed E-state index contributed by atoms with van der Waals surface area (Å²) < 4.78 is 6.71. The zero-order chi connectivity index (χ0) is 27.8. The van der Waals surface area contributed by atoms with Crippen LogP contribution in [-0.4, -0.2) is 121 Å². The molecule has 2 atom stereocenters. The van der Waals surface area contributed by atoms with Gasteiger partial charge in [-0.15, -0.1) is 0 Å². The van der Waals surface area contributed by atoms with Crippen LogP contribution in [0.1, 0.15) is 62.5 Å². The van der Waals surface area contributed by atoms with Crippen molar-refractivity contribution in [2.45, 2.75) is 63.8 Å². The van der Waals surface area contributed by atoms with E-state index in [4.69, 9.17) is 4.74 Å². The molecule has 1 fully saturated rings. The molecule has 2 heterocycles.